The maximum Gasteiger partial charge on any atom is 0.225 e. The van der Waals surface area contributed by atoms with Crippen LogP contribution in [0.15, 0.2) is 30.3 Å². The Labute approximate surface area is 149 Å². The van der Waals surface area contributed by atoms with E-state index in [1.807, 2.05) is 30.3 Å². The van der Waals surface area contributed by atoms with Crippen molar-refractivity contribution in [3.8, 4) is 0 Å². The normalized spacial score (nSPS) is 22.1. The Kier molecular flexibility index (Phi) is 6.96. The average molecular weight is 348 g/mol. The number of likely N-dealkylation sites (tertiary alicyclic amines) is 1. The summed E-state index contributed by atoms with van der Waals surface area (Å²) in [7, 11) is 1.57. The lowest BCUT2D eigenvalue weighted by Crippen LogP contribution is -2.49. The van der Waals surface area contributed by atoms with Crippen molar-refractivity contribution >= 4 is 12.3 Å². The number of carbonyl (C=O) groups excluding carboxylic acids is 2. The maximum absolute atomic E-state index is 12.6. The summed E-state index contributed by atoms with van der Waals surface area (Å²) >= 11 is 0. The van der Waals surface area contributed by atoms with Crippen LogP contribution < -0.4 is 5.32 Å². The van der Waals surface area contributed by atoms with Gasteiger partial charge in [0, 0.05) is 13.7 Å². The van der Waals surface area contributed by atoms with E-state index in [0.717, 1.165) is 24.8 Å². The van der Waals surface area contributed by atoms with Gasteiger partial charge in [0.2, 0.25) is 12.3 Å². The minimum absolute atomic E-state index is 0.0856. The van der Waals surface area contributed by atoms with Crippen LogP contribution in [-0.2, 0) is 14.3 Å². The SMILES string of the molecule is COC(C(C)C(=O)NC(C)C(O)c1ccccc1)C1CCCN1C=O. The van der Waals surface area contributed by atoms with Crippen LogP contribution in [-0.4, -0.2) is 54.2 Å². The molecule has 6 nitrogen and oxygen atoms in total. The van der Waals surface area contributed by atoms with Crippen LogP contribution in [0.25, 0.3) is 0 Å². The monoisotopic (exact) mass is 348 g/mol. The first-order valence-corrected chi connectivity index (χ1v) is 8.76. The molecule has 0 spiro atoms. The van der Waals surface area contributed by atoms with Crippen LogP contribution in [0.3, 0.4) is 0 Å². The van der Waals surface area contributed by atoms with Gasteiger partial charge in [-0.2, -0.15) is 0 Å². The molecule has 138 valence electrons. The van der Waals surface area contributed by atoms with Crippen LogP contribution in [0.2, 0.25) is 0 Å². The molecule has 5 unspecified atom stereocenters. The standard InChI is InChI=1S/C19H28N2O4/c1-13(18(25-3)16-10-7-11-21(16)12-22)19(24)20-14(2)17(23)15-8-5-4-6-9-15/h4-6,8-9,12-14,16-18,23H,7,10-11H2,1-3H3,(H,20,24). The molecule has 0 aromatic heterocycles. The summed E-state index contributed by atoms with van der Waals surface area (Å²) in [6.07, 6.45) is 1.43. The molecule has 1 fully saturated rings. The van der Waals surface area contributed by atoms with E-state index >= 15 is 0 Å². The van der Waals surface area contributed by atoms with Crippen molar-refractivity contribution in [2.45, 2.75) is 51.0 Å². The van der Waals surface area contributed by atoms with Crippen molar-refractivity contribution in [3.63, 3.8) is 0 Å². The van der Waals surface area contributed by atoms with Crippen molar-refractivity contribution in [3.05, 3.63) is 35.9 Å². The fraction of sp³-hybridized carbons (Fsp3) is 0.579. The number of nitrogens with one attached hydrogen (secondary N) is 1. The average Bonchev–Trinajstić information content (AvgIpc) is 3.10. The molecule has 1 aromatic rings. The molecule has 1 saturated heterocycles. The Bertz CT molecular complexity index is 566. The second-order valence-corrected chi connectivity index (χ2v) is 6.69. The highest BCUT2D eigenvalue weighted by Crippen LogP contribution is 2.25. The zero-order chi connectivity index (χ0) is 18.4. The van der Waals surface area contributed by atoms with E-state index in [4.69, 9.17) is 4.74 Å². The minimum Gasteiger partial charge on any atom is -0.386 e. The van der Waals surface area contributed by atoms with Gasteiger partial charge in [-0.05, 0) is 25.3 Å². The van der Waals surface area contributed by atoms with Crippen LogP contribution in [0.4, 0.5) is 0 Å². The quantitative estimate of drug-likeness (QED) is 0.698. The summed E-state index contributed by atoms with van der Waals surface area (Å²) in [5, 5.41) is 13.3. The zero-order valence-electron chi connectivity index (χ0n) is 15.1. The fourth-order valence-corrected chi connectivity index (χ4v) is 3.52. The third-order valence-corrected chi connectivity index (χ3v) is 5.02. The first-order chi connectivity index (χ1) is 12.0. The van der Waals surface area contributed by atoms with Crippen LogP contribution in [0.5, 0.6) is 0 Å². The van der Waals surface area contributed by atoms with Crippen LogP contribution in [0.1, 0.15) is 38.4 Å². The third-order valence-electron chi connectivity index (χ3n) is 5.02. The molecule has 1 heterocycles. The van der Waals surface area contributed by atoms with E-state index in [2.05, 4.69) is 5.32 Å². The highest BCUT2D eigenvalue weighted by molar-refractivity contribution is 5.79. The number of ether oxygens (including phenoxy) is 1. The number of aliphatic hydroxyl groups excluding tert-OH is 1. The Balaban J connectivity index is 1.99. The first kappa shape index (κ1) is 19.4. The number of methoxy groups -OCH3 is 1. The molecule has 0 bridgehead atoms. The highest BCUT2D eigenvalue weighted by Gasteiger charge is 2.37. The van der Waals surface area contributed by atoms with Crippen LogP contribution in [0, 0.1) is 5.92 Å². The van der Waals surface area contributed by atoms with Gasteiger partial charge in [-0.15, -0.1) is 0 Å². The molecule has 0 saturated carbocycles. The van der Waals surface area contributed by atoms with E-state index in [9.17, 15) is 14.7 Å². The molecule has 1 aliphatic rings. The van der Waals surface area contributed by atoms with Gasteiger partial charge in [0.1, 0.15) is 0 Å². The van der Waals surface area contributed by atoms with Gasteiger partial charge in [-0.1, -0.05) is 37.3 Å². The molecule has 2 amide bonds. The molecule has 2 N–H and O–H groups in total. The summed E-state index contributed by atoms with van der Waals surface area (Å²) in [5.74, 6) is -0.618. The van der Waals surface area contributed by atoms with Gasteiger partial charge in [0.25, 0.3) is 0 Å². The lowest BCUT2D eigenvalue weighted by Gasteiger charge is -2.32. The van der Waals surface area contributed by atoms with E-state index in [0.29, 0.717) is 6.54 Å². The number of benzene rings is 1. The van der Waals surface area contributed by atoms with Crippen LogP contribution >= 0.6 is 0 Å². The van der Waals surface area contributed by atoms with Gasteiger partial charge in [0.15, 0.2) is 0 Å². The molecule has 1 aromatic carbocycles. The lowest BCUT2D eigenvalue weighted by molar-refractivity contribution is -0.134. The summed E-state index contributed by atoms with van der Waals surface area (Å²) in [4.78, 5) is 25.5. The summed E-state index contributed by atoms with van der Waals surface area (Å²) in [5.41, 5.74) is 0.758. The van der Waals surface area contributed by atoms with Crippen molar-refractivity contribution in [2.75, 3.05) is 13.7 Å². The second kappa shape index (κ2) is 8.97. The molecular formula is C19H28N2O4. The summed E-state index contributed by atoms with van der Waals surface area (Å²) < 4.78 is 5.55. The lowest BCUT2D eigenvalue weighted by atomic mass is 9.94. The number of carbonyl (C=O) groups is 2. The Morgan fingerprint density at radius 3 is 2.64 bits per heavy atom. The van der Waals surface area contributed by atoms with E-state index in [1.54, 1.807) is 25.9 Å². The van der Waals surface area contributed by atoms with E-state index in [1.165, 1.54) is 0 Å². The smallest absolute Gasteiger partial charge is 0.225 e. The number of nitrogens with zero attached hydrogens (tertiary/aromatic N) is 1. The number of aliphatic hydroxyl groups is 1. The van der Waals surface area contributed by atoms with Gasteiger partial charge in [-0.25, -0.2) is 0 Å². The zero-order valence-corrected chi connectivity index (χ0v) is 15.1. The van der Waals surface area contributed by atoms with E-state index in [-0.39, 0.29) is 18.1 Å². The topological polar surface area (TPSA) is 78.9 Å². The van der Waals surface area contributed by atoms with E-state index < -0.39 is 18.1 Å². The molecule has 25 heavy (non-hydrogen) atoms. The molecule has 2 rings (SSSR count). The first-order valence-electron chi connectivity index (χ1n) is 8.76. The van der Waals surface area contributed by atoms with Crippen molar-refractivity contribution in [1.82, 2.24) is 10.2 Å². The Hall–Kier alpha value is -1.92. The van der Waals surface area contributed by atoms with Gasteiger partial charge >= 0.3 is 0 Å². The largest absolute Gasteiger partial charge is 0.386 e. The molecule has 5 atom stereocenters. The molecule has 0 aliphatic carbocycles. The molecule has 0 radical (unpaired) electrons. The molecule has 6 heteroatoms. The second-order valence-electron chi connectivity index (χ2n) is 6.69. The van der Waals surface area contributed by atoms with Gasteiger partial charge in [0.05, 0.1) is 30.2 Å². The maximum atomic E-state index is 12.6. The summed E-state index contributed by atoms with van der Waals surface area (Å²) in [6.45, 7) is 4.27. The predicted octanol–water partition coefficient (Wildman–Crippen LogP) is 1.50. The summed E-state index contributed by atoms with van der Waals surface area (Å²) in [6, 6.07) is 8.73. The number of hydrogen-bond acceptors (Lipinski definition) is 4. The third kappa shape index (κ3) is 4.58. The highest BCUT2D eigenvalue weighted by atomic mass is 16.5. The molecular weight excluding hydrogens is 320 g/mol. The predicted molar refractivity (Wildman–Crippen MR) is 94.8 cm³/mol. The number of amides is 2. The van der Waals surface area contributed by atoms with Gasteiger partial charge in [-0.3, -0.25) is 9.59 Å². The Morgan fingerprint density at radius 2 is 2.04 bits per heavy atom. The Morgan fingerprint density at radius 1 is 1.36 bits per heavy atom. The van der Waals surface area contributed by atoms with Crippen molar-refractivity contribution in [1.29, 1.82) is 0 Å². The van der Waals surface area contributed by atoms with Crippen molar-refractivity contribution in [2.24, 2.45) is 5.92 Å². The molecule has 1 aliphatic heterocycles. The fourth-order valence-electron chi connectivity index (χ4n) is 3.52. The number of rotatable bonds is 8. The number of hydrogen-bond donors (Lipinski definition) is 2. The van der Waals surface area contributed by atoms with Gasteiger partial charge < -0.3 is 20.1 Å². The minimum atomic E-state index is -0.781. The van der Waals surface area contributed by atoms with Crippen molar-refractivity contribution < 1.29 is 19.4 Å².